The van der Waals surface area contributed by atoms with Gasteiger partial charge in [0.25, 0.3) is 0 Å². The van der Waals surface area contributed by atoms with Gasteiger partial charge in [0.05, 0.1) is 10.9 Å². The Kier molecular flexibility index (Phi) is 4.42. The molecule has 29 heavy (non-hydrogen) atoms. The van der Waals surface area contributed by atoms with E-state index in [9.17, 15) is 13.2 Å². The van der Waals surface area contributed by atoms with Gasteiger partial charge < -0.3 is 9.80 Å². The van der Waals surface area contributed by atoms with Crippen molar-refractivity contribution in [2.24, 2.45) is 0 Å². The van der Waals surface area contributed by atoms with Crippen LogP contribution in [0.4, 0.5) is 24.7 Å². The van der Waals surface area contributed by atoms with E-state index in [2.05, 4.69) is 9.88 Å². The number of nitrogens with zero attached hydrogens (tertiary/aromatic N) is 4. The largest absolute Gasteiger partial charge is 0.416 e. The molecule has 1 fully saturated rings. The molecule has 0 amide bonds. The maximum atomic E-state index is 13.0. The third kappa shape index (κ3) is 3.33. The smallest absolute Gasteiger partial charge is 0.368 e. The van der Waals surface area contributed by atoms with Gasteiger partial charge in [-0.25, -0.2) is 9.97 Å². The topological polar surface area (TPSA) is 32.3 Å². The van der Waals surface area contributed by atoms with E-state index >= 15 is 0 Å². The highest BCUT2D eigenvalue weighted by molar-refractivity contribution is 7.19. The van der Waals surface area contributed by atoms with E-state index in [1.807, 2.05) is 11.8 Å². The zero-order chi connectivity index (χ0) is 20.2. The normalized spacial score (nSPS) is 17.2. The highest BCUT2D eigenvalue weighted by Crippen LogP contribution is 2.41. The van der Waals surface area contributed by atoms with Crippen LogP contribution in [0.5, 0.6) is 0 Å². The molecule has 0 bridgehead atoms. The Morgan fingerprint density at radius 1 is 1.00 bits per heavy atom. The molecule has 152 valence electrons. The minimum Gasteiger partial charge on any atom is -0.368 e. The molecule has 0 saturated carbocycles. The minimum atomic E-state index is -4.32. The van der Waals surface area contributed by atoms with Crippen molar-refractivity contribution in [1.29, 1.82) is 0 Å². The third-order valence-electron chi connectivity index (χ3n) is 5.78. The Morgan fingerprint density at radius 3 is 2.52 bits per heavy atom. The van der Waals surface area contributed by atoms with Crippen molar-refractivity contribution < 1.29 is 13.2 Å². The van der Waals surface area contributed by atoms with Crippen LogP contribution < -0.4 is 9.80 Å². The van der Waals surface area contributed by atoms with Crippen molar-refractivity contribution >= 4 is 33.1 Å². The lowest BCUT2D eigenvalue weighted by molar-refractivity contribution is -0.137. The van der Waals surface area contributed by atoms with Crippen LogP contribution in [0.25, 0.3) is 10.2 Å². The zero-order valence-electron chi connectivity index (χ0n) is 16.1. The Hall–Kier alpha value is -2.35. The lowest BCUT2D eigenvalue weighted by atomic mass is 10.1. The molecule has 4 nitrogen and oxygen atoms in total. The Labute approximate surface area is 171 Å². The van der Waals surface area contributed by atoms with Crippen LogP contribution in [0.1, 0.15) is 28.2 Å². The first-order valence-electron chi connectivity index (χ1n) is 9.86. The summed E-state index contributed by atoms with van der Waals surface area (Å²) in [4.78, 5) is 16.2. The summed E-state index contributed by atoms with van der Waals surface area (Å²) in [6, 6.07) is 5.60. The maximum absolute atomic E-state index is 13.0. The molecule has 0 radical (unpaired) electrons. The number of piperazine rings is 1. The van der Waals surface area contributed by atoms with Gasteiger partial charge in [0, 0.05) is 36.7 Å². The number of aryl methyl sites for hydroxylation is 3. The summed E-state index contributed by atoms with van der Waals surface area (Å²) in [5.74, 6) is 1.77. The number of alkyl halides is 3. The van der Waals surface area contributed by atoms with E-state index in [1.165, 1.54) is 34.4 Å². The number of hydrogen-bond acceptors (Lipinski definition) is 5. The lowest BCUT2D eigenvalue weighted by Crippen LogP contribution is -2.47. The van der Waals surface area contributed by atoms with E-state index in [1.54, 1.807) is 17.4 Å². The van der Waals surface area contributed by atoms with Crippen LogP contribution in [0, 0.1) is 6.92 Å². The summed E-state index contributed by atoms with van der Waals surface area (Å²) in [6.07, 6.45) is -0.924. The van der Waals surface area contributed by atoms with Crippen LogP contribution in [-0.2, 0) is 19.0 Å². The number of rotatable bonds is 2. The number of hydrogen-bond donors (Lipinski definition) is 0. The van der Waals surface area contributed by atoms with E-state index < -0.39 is 11.7 Å². The Morgan fingerprint density at radius 2 is 1.76 bits per heavy atom. The highest BCUT2D eigenvalue weighted by atomic mass is 32.1. The maximum Gasteiger partial charge on any atom is 0.416 e. The third-order valence-corrected chi connectivity index (χ3v) is 6.96. The number of benzene rings is 1. The fourth-order valence-corrected chi connectivity index (χ4v) is 5.67. The fraction of sp³-hybridized carbons (Fsp3) is 0.429. The average molecular weight is 418 g/mol. The van der Waals surface area contributed by atoms with Gasteiger partial charge in [-0.2, -0.15) is 13.2 Å². The fourth-order valence-electron chi connectivity index (χ4n) is 4.36. The average Bonchev–Trinajstić information content (AvgIpc) is 3.28. The van der Waals surface area contributed by atoms with Gasteiger partial charge >= 0.3 is 6.18 Å². The molecule has 1 saturated heterocycles. The predicted octanol–water partition coefficient (Wildman–Crippen LogP) is 4.83. The second-order valence-corrected chi connectivity index (χ2v) is 8.74. The molecule has 3 aromatic rings. The molecule has 2 aliphatic rings. The SMILES string of the molecule is Cc1nc(N2CCN(c3cccc(C(F)(F)F)c3)CC2)c2c3c(sc2n1)CCC3. The number of fused-ring (bicyclic) bond motifs is 3. The molecule has 3 heterocycles. The lowest BCUT2D eigenvalue weighted by Gasteiger charge is -2.37. The Balaban J connectivity index is 1.40. The van der Waals surface area contributed by atoms with Crippen molar-refractivity contribution in [3.8, 4) is 0 Å². The van der Waals surface area contributed by atoms with E-state index in [4.69, 9.17) is 4.98 Å². The number of halogens is 3. The summed E-state index contributed by atoms with van der Waals surface area (Å²) >= 11 is 1.79. The van der Waals surface area contributed by atoms with Gasteiger partial charge in [-0.15, -0.1) is 11.3 Å². The van der Waals surface area contributed by atoms with Crippen molar-refractivity contribution in [1.82, 2.24) is 9.97 Å². The van der Waals surface area contributed by atoms with Crippen LogP contribution in [0.15, 0.2) is 24.3 Å². The summed E-state index contributed by atoms with van der Waals surface area (Å²) in [5.41, 5.74) is 1.43. The van der Waals surface area contributed by atoms with Crippen LogP contribution in [0.3, 0.4) is 0 Å². The van der Waals surface area contributed by atoms with Crippen LogP contribution in [-0.4, -0.2) is 36.1 Å². The van der Waals surface area contributed by atoms with E-state index in [0.717, 1.165) is 48.5 Å². The monoisotopic (exact) mass is 418 g/mol. The van der Waals surface area contributed by atoms with Crippen LogP contribution in [0.2, 0.25) is 0 Å². The van der Waals surface area contributed by atoms with Crippen LogP contribution >= 0.6 is 11.3 Å². The first-order chi connectivity index (χ1) is 13.9. The molecule has 0 spiro atoms. The zero-order valence-corrected chi connectivity index (χ0v) is 16.9. The molecular formula is C21H21F3N4S. The molecule has 0 N–H and O–H groups in total. The second-order valence-electron chi connectivity index (χ2n) is 7.65. The van der Waals surface area contributed by atoms with Gasteiger partial charge in [0.2, 0.25) is 0 Å². The van der Waals surface area contributed by atoms with Gasteiger partial charge in [-0.1, -0.05) is 6.07 Å². The molecule has 0 unspecified atom stereocenters. The van der Waals surface area contributed by atoms with Gasteiger partial charge in [0.15, 0.2) is 0 Å². The Bertz CT molecular complexity index is 1070. The molecule has 8 heteroatoms. The van der Waals surface area contributed by atoms with Crippen molar-refractivity contribution in [3.63, 3.8) is 0 Å². The van der Waals surface area contributed by atoms with Crippen molar-refractivity contribution in [2.45, 2.75) is 32.4 Å². The van der Waals surface area contributed by atoms with Crippen molar-refractivity contribution in [3.05, 3.63) is 46.1 Å². The highest BCUT2D eigenvalue weighted by Gasteiger charge is 2.31. The molecular weight excluding hydrogens is 397 g/mol. The van der Waals surface area contributed by atoms with Gasteiger partial charge in [-0.3, -0.25) is 0 Å². The predicted molar refractivity (Wildman–Crippen MR) is 110 cm³/mol. The summed E-state index contributed by atoms with van der Waals surface area (Å²) < 4.78 is 39.1. The molecule has 2 aromatic heterocycles. The van der Waals surface area contributed by atoms with Crippen molar-refractivity contribution in [2.75, 3.05) is 36.0 Å². The molecule has 0 atom stereocenters. The molecule has 5 rings (SSSR count). The summed E-state index contributed by atoms with van der Waals surface area (Å²) in [6.45, 7) is 4.71. The summed E-state index contributed by atoms with van der Waals surface area (Å²) in [5, 5.41) is 1.20. The number of anilines is 2. The number of aromatic nitrogens is 2. The first kappa shape index (κ1) is 18.7. The molecule has 1 aliphatic heterocycles. The van der Waals surface area contributed by atoms with Gasteiger partial charge in [-0.05, 0) is 49.9 Å². The standard InChI is InChI=1S/C21H21F3N4S/c1-13-25-19(18-16-6-3-7-17(16)29-20(18)26-13)28-10-8-27(9-11-28)15-5-2-4-14(12-15)21(22,23)24/h2,4-5,12H,3,6-11H2,1H3. The first-order valence-corrected chi connectivity index (χ1v) is 10.7. The van der Waals surface area contributed by atoms with E-state index in [0.29, 0.717) is 18.8 Å². The molecule has 1 aliphatic carbocycles. The minimum absolute atomic E-state index is 0.598. The summed E-state index contributed by atoms with van der Waals surface area (Å²) in [7, 11) is 0. The quantitative estimate of drug-likeness (QED) is 0.597. The molecule has 1 aromatic carbocycles. The number of thiophene rings is 1. The van der Waals surface area contributed by atoms with E-state index in [-0.39, 0.29) is 0 Å². The second kappa shape index (κ2) is 6.86. The van der Waals surface area contributed by atoms with Gasteiger partial charge in [0.1, 0.15) is 16.5 Å².